The molecular formula is C15H18N6O2S. The molecule has 0 aliphatic heterocycles. The van der Waals surface area contributed by atoms with Crippen molar-refractivity contribution in [1.29, 1.82) is 0 Å². The average molecular weight is 346 g/mol. The predicted octanol–water partition coefficient (Wildman–Crippen LogP) is 1.77. The van der Waals surface area contributed by atoms with Crippen molar-refractivity contribution >= 4 is 23.5 Å². The van der Waals surface area contributed by atoms with Gasteiger partial charge in [0.05, 0.1) is 5.75 Å². The molecule has 0 aliphatic carbocycles. The Hall–Kier alpha value is -2.55. The Labute approximate surface area is 143 Å². The number of aryl methyl sites for hydroxylation is 2. The van der Waals surface area contributed by atoms with Gasteiger partial charge in [-0.15, -0.1) is 10.2 Å². The SMILES string of the molecule is Cc1cc(NC(=O)CSc2nnc(Cc3cccn3C)n2C)no1. The molecule has 0 fully saturated rings. The van der Waals surface area contributed by atoms with E-state index in [4.69, 9.17) is 4.52 Å². The van der Waals surface area contributed by atoms with Crippen LogP contribution >= 0.6 is 11.8 Å². The first kappa shape index (κ1) is 16.3. The van der Waals surface area contributed by atoms with Crippen LogP contribution in [-0.4, -0.2) is 36.1 Å². The van der Waals surface area contributed by atoms with Crippen LogP contribution in [0.4, 0.5) is 5.82 Å². The summed E-state index contributed by atoms with van der Waals surface area (Å²) in [5.41, 5.74) is 1.15. The van der Waals surface area contributed by atoms with Crippen molar-refractivity contribution in [2.45, 2.75) is 18.5 Å². The third-order valence-corrected chi connectivity index (χ3v) is 4.56. The predicted molar refractivity (Wildman–Crippen MR) is 89.8 cm³/mol. The zero-order valence-corrected chi connectivity index (χ0v) is 14.5. The summed E-state index contributed by atoms with van der Waals surface area (Å²) in [5, 5.41) is 15.5. The Kier molecular flexibility index (Phi) is 4.70. The number of nitrogens with zero attached hydrogens (tertiary/aromatic N) is 5. The highest BCUT2D eigenvalue weighted by Gasteiger charge is 2.13. The molecule has 3 aromatic rings. The molecule has 126 valence electrons. The summed E-state index contributed by atoms with van der Waals surface area (Å²) in [6.45, 7) is 1.77. The molecule has 0 aromatic carbocycles. The third-order valence-electron chi connectivity index (χ3n) is 3.54. The maximum Gasteiger partial charge on any atom is 0.236 e. The van der Waals surface area contributed by atoms with E-state index in [2.05, 4.69) is 31.3 Å². The van der Waals surface area contributed by atoms with Gasteiger partial charge in [0.25, 0.3) is 0 Å². The second-order valence-electron chi connectivity index (χ2n) is 5.40. The van der Waals surface area contributed by atoms with Gasteiger partial charge in [0.2, 0.25) is 5.91 Å². The molecule has 8 nitrogen and oxygen atoms in total. The number of nitrogens with one attached hydrogen (secondary N) is 1. The maximum absolute atomic E-state index is 11.9. The summed E-state index contributed by atoms with van der Waals surface area (Å²) < 4.78 is 8.87. The molecule has 0 saturated carbocycles. The van der Waals surface area contributed by atoms with Gasteiger partial charge in [-0.25, -0.2) is 0 Å². The zero-order chi connectivity index (χ0) is 17.1. The highest BCUT2D eigenvalue weighted by Crippen LogP contribution is 2.18. The fourth-order valence-corrected chi connectivity index (χ4v) is 2.93. The number of carbonyl (C=O) groups is 1. The first-order chi connectivity index (χ1) is 11.5. The molecular weight excluding hydrogens is 328 g/mol. The monoisotopic (exact) mass is 346 g/mol. The summed E-state index contributed by atoms with van der Waals surface area (Å²) >= 11 is 1.33. The minimum Gasteiger partial charge on any atom is -0.360 e. The van der Waals surface area contributed by atoms with Gasteiger partial charge in [0.15, 0.2) is 11.0 Å². The number of aromatic nitrogens is 5. The second-order valence-corrected chi connectivity index (χ2v) is 6.35. The van der Waals surface area contributed by atoms with Gasteiger partial charge in [-0.1, -0.05) is 16.9 Å². The van der Waals surface area contributed by atoms with E-state index in [9.17, 15) is 4.79 Å². The topological polar surface area (TPSA) is 90.8 Å². The fraction of sp³-hybridized carbons (Fsp3) is 0.333. The molecule has 0 bridgehead atoms. The van der Waals surface area contributed by atoms with Crippen molar-refractivity contribution in [3.05, 3.63) is 41.7 Å². The molecule has 0 spiro atoms. The molecule has 1 N–H and O–H groups in total. The lowest BCUT2D eigenvalue weighted by molar-refractivity contribution is -0.113. The largest absolute Gasteiger partial charge is 0.360 e. The summed E-state index contributed by atoms with van der Waals surface area (Å²) in [4.78, 5) is 11.9. The van der Waals surface area contributed by atoms with Crippen LogP contribution in [0.5, 0.6) is 0 Å². The van der Waals surface area contributed by atoms with Crippen LogP contribution in [0.3, 0.4) is 0 Å². The van der Waals surface area contributed by atoms with Crippen molar-refractivity contribution in [2.24, 2.45) is 14.1 Å². The van der Waals surface area contributed by atoms with Crippen molar-refractivity contribution < 1.29 is 9.32 Å². The highest BCUT2D eigenvalue weighted by molar-refractivity contribution is 7.99. The normalized spacial score (nSPS) is 11.0. The lowest BCUT2D eigenvalue weighted by atomic mass is 10.3. The molecule has 0 saturated heterocycles. The highest BCUT2D eigenvalue weighted by atomic mass is 32.2. The molecule has 1 amide bonds. The summed E-state index contributed by atoms with van der Waals surface area (Å²) in [6, 6.07) is 5.72. The van der Waals surface area contributed by atoms with Crippen molar-refractivity contribution in [2.75, 3.05) is 11.1 Å². The molecule has 0 aliphatic rings. The summed E-state index contributed by atoms with van der Waals surface area (Å²) in [5.74, 6) is 1.98. The van der Waals surface area contributed by atoms with Gasteiger partial charge in [0.1, 0.15) is 11.6 Å². The standard InChI is InChI=1S/C15H18N6O2S/c1-10-7-12(19-23-10)16-14(22)9-24-15-18-17-13(21(15)3)8-11-5-4-6-20(11)2/h4-7H,8-9H2,1-3H3,(H,16,19,22). The smallest absolute Gasteiger partial charge is 0.236 e. The number of anilines is 1. The number of amides is 1. The number of carbonyl (C=O) groups excluding carboxylic acids is 1. The van der Waals surface area contributed by atoms with E-state index in [1.54, 1.807) is 13.0 Å². The van der Waals surface area contributed by atoms with E-state index in [-0.39, 0.29) is 11.7 Å². The Morgan fingerprint density at radius 1 is 1.38 bits per heavy atom. The van der Waals surface area contributed by atoms with Crippen molar-refractivity contribution in [3.63, 3.8) is 0 Å². The molecule has 0 atom stereocenters. The van der Waals surface area contributed by atoms with E-state index in [0.29, 0.717) is 23.2 Å². The number of rotatable bonds is 6. The van der Waals surface area contributed by atoms with Gasteiger partial charge >= 0.3 is 0 Å². The van der Waals surface area contributed by atoms with Gasteiger partial charge in [0, 0.05) is 38.5 Å². The van der Waals surface area contributed by atoms with Crippen LogP contribution in [0.15, 0.2) is 34.1 Å². The van der Waals surface area contributed by atoms with Crippen LogP contribution in [0.25, 0.3) is 0 Å². The van der Waals surface area contributed by atoms with Crippen molar-refractivity contribution in [1.82, 2.24) is 24.5 Å². The molecule has 0 radical (unpaired) electrons. The van der Waals surface area contributed by atoms with E-state index < -0.39 is 0 Å². The number of hydrogen-bond acceptors (Lipinski definition) is 6. The Morgan fingerprint density at radius 2 is 2.21 bits per heavy atom. The molecule has 9 heteroatoms. The number of hydrogen-bond donors (Lipinski definition) is 1. The fourth-order valence-electron chi connectivity index (χ4n) is 2.20. The first-order valence-electron chi connectivity index (χ1n) is 7.37. The minimum absolute atomic E-state index is 0.166. The van der Waals surface area contributed by atoms with E-state index >= 15 is 0 Å². The zero-order valence-electron chi connectivity index (χ0n) is 13.7. The van der Waals surface area contributed by atoms with Crippen LogP contribution in [0.1, 0.15) is 17.3 Å². The molecule has 3 heterocycles. The van der Waals surface area contributed by atoms with E-state index in [1.807, 2.05) is 30.9 Å². The quantitative estimate of drug-likeness (QED) is 0.684. The average Bonchev–Trinajstić information content (AvgIpc) is 3.22. The van der Waals surface area contributed by atoms with Crippen LogP contribution in [-0.2, 0) is 25.3 Å². The summed E-state index contributed by atoms with van der Waals surface area (Å²) in [6.07, 6.45) is 2.69. The van der Waals surface area contributed by atoms with Gasteiger partial charge in [-0.2, -0.15) is 0 Å². The lowest BCUT2D eigenvalue weighted by Crippen LogP contribution is -2.14. The molecule has 0 unspecified atom stereocenters. The lowest BCUT2D eigenvalue weighted by Gasteiger charge is -2.05. The van der Waals surface area contributed by atoms with Crippen LogP contribution < -0.4 is 5.32 Å². The first-order valence-corrected chi connectivity index (χ1v) is 8.36. The molecule has 24 heavy (non-hydrogen) atoms. The minimum atomic E-state index is -0.166. The van der Waals surface area contributed by atoms with E-state index in [1.165, 1.54) is 11.8 Å². The molecule has 3 aromatic heterocycles. The maximum atomic E-state index is 11.9. The summed E-state index contributed by atoms with van der Waals surface area (Å²) in [7, 11) is 3.90. The van der Waals surface area contributed by atoms with Crippen LogP contribution in [0, 0.1) is 6.92 Å². The van der Waals surface area contributed by atoms with Gasteiger partial charge in [-0.05, 0) is 19.1 Å². The van der Waals surface area contributed by atoms with Gasteiger partial charge in [-0.3, -0.25) is 4.79 Å². The number of thioether (sulfide) groups is 1. The van der Waals surface area contributed by atoms with Gasteiger partial charge < -0.3 is 19.0 Å². The third kappa shape index (κ3) is 3.67. The second kappa shape index (κ2) is 6.91. The van der Waals surface area contributed by atoms with Crippen LogP contribution in [0.2, 0.25) is 0 Å². The Bertz CT molecular complexity index is 850. The van der Waals surface area contributed by atoms with E-state index in [0.717, 1.165) is 11.5 Å². The Balaban J connectivity index is 1.58. The Morgan fingerprint density at radius 3 is 2.88 bits per heavy atom. The van der Waals surface area contributed by atoms with Crippen molar-refractivity contribution in [3.8, 4) is 0 Å². The molecule has 3 rings (SSSR count).